The number of nitrogens with one attached hydrogen (secondary N) is 4. The molecule has 0 spiro atoms. The van der Waals surface area contributed by atoms with Crippen LogP contribution >= 0.6 is 23.2 Å². The third-order valence-corrected chi connectivity index (χ3v) is 18.0. The Kier molecular flexibility index (Phi) is 53.3. The van der Waals surface area contributed by atoms with Gasteiger partial charge < -0.3 is 47.3 Å². The van der Waals surface area contributed by atoms with Gasteiger partial charge in [-0.2, -0.15) is 5.10 Å². The zero-order valence-electron chi connectivity index (χ0n) is 60.4. The summed E-state index contributed by atoms with van der Waals surface area (Å²) in [7, 11) is 7.36. The molecule has 93 heavy (non-hydrogen) atoms. The van der Waals surface area contributed by atoms with Crippen LogP contribution < -0.4 is 27.4 Å². The molecule has 2 heterocycles. The van der Waals surface area contributed by atoms with E-state index in [-0.39, 0.29) is 17.2 Å². The number of benzene rings is 2. The molecule has 3 aromatic rings. The molecule has 8 N–H and O–H groups in total. The highest BCUT2D eigenvalue weighted by Gasteiger charge is 2.30. The van der Waals surface area contributed by atoms with E-state index in [1.807, 2.05) is 57.2 Å². The first-order chi connectivity index (χ1) is 44.9. The molecule has 2 aliphatic rings. The third-order valence-electron chi connectivity index (χ3n) is 17.1. The minimum atomic E-state index is 0.0581. The van der Waals surface area contributed by atoms with Crippen LogP contribution in [0.1, 0.15) is 237 Å². The van der Waals surface area contributed by atoms with Gasteiger partial charge in [0.1, 0.15) is 13.6 Å². The van der Waals surface area contributed by atoms with Crippen LogP contribution in [-0.2, 0) is 39.2 Å². The fourth-order valence-corrected chi connectivity index (χ4v) is 12.0. The highest BCUT2D eigenvalue weighted by molar-refractivity contribution is 6.43. The summed E-state index contributed by atoms with van der Waals surface area (Å²) in [6.45, 7) is 32.6. The van der Waals surface area contributed by atoms with Crippen LogP contribution in [0.25, 0.3) is 16.8 Å². The Hall–Kier alpha value is -5.77. The lowest BCUT2D eigenvalue weighted by Crippen LogP contribution is -2.35. The smallest absolute Gasteiger partial charge is 0.219 e. The number of carbonyl (C=O) groups excluding carboxylic acids is 4. The van der Waals surface area contributed by atoms with E-state index in [0.717, 1.165) is 109 Å². The Labute approximate surface area is 575 Å². The zero-order chi connectivity index (χ0) is 70.6. The molecule has 524 valence electrons. The summed E-state index contributed by atoms with van der Waals surface area (Å²) < 4.78 is 2.00. The van der Waals surface area contributed by atoms with Crippen LogP contribution in [0.4, 0.5) is 5.69 Å². The van der Waals surface area contributed by atoms with Crippen LogP contribution in [0.5, 0.6) is 0 Å². The minimum Gasteiger partial charge on any atom is -0.356 e. The van der Waals surface area contributed by atoms with Gasteiger partial charge in [0.15, 0.2) is 0 Å². The van der Waals surface area contributed by atoms with E-state index in [1.54, 1.807) is 32.5 Å². The summed E-state index contributed by atoms with van der Waals surface area (Å²) in [5.74, 6) is 1.57. The number of allylic oxidation sites excluding steroid dienone is 6. The van der Waals surface area contributed by atoms with Gasteiger partial charge in [0.2, 0.25) is 11.8 Å². The van der Waals surface area contributed by atoms with Crippen molar-refractivity contribution in [2.45, 2.75) is 229 Å². The summed E-state index contributed by atoms with van der Waals surface area (Å²) in [5.41, 5.74) is 22.7. The van der Waals surface area contributed by atoms with Gasteiger partial charge in [-0.1, -0.05) is 215 Å². The number of rotatable bonds is 36. The van der Waals surface area contributed by atoms with Crippen LogP contribution in [0.3, 0.4) is 0 Å². The van der Waals surface area contributed by atoms with Gasteiger partial charge in [0.05, 0.1) is 39.2 Å². The lowest BCUT2D eigenvalue weighted by molar-refractivity contribution is -0.128. The topological polar surface area (TPSA) is 214 Å². The zero-order valence-corrected chi connectivity index (χ0v) is 61.9. The third kappa shape index (κ3) is 35.5. The number of nitrogens with two attached hydrogens (primary N) is 2. The number of hydrogen-bond donors (Lipinski definition) is 6. The number of carbonyl (C=O) groups is 4. The van der Waals surface area contributed by atoms with Crippen LogP contribution in [0, 0.1) is 29.6 Å². The molecule has 0 saturated heterocycles. The molecule has 0 saturated carbocycles. The van der Waals surface area contributed by atoms with Crippen LogP contribution in [0.2, 0.25) is 10.0 Å². The normalized spacial score (nSPS) is 14.2. The Morgan fingerprint density at radius 2 is 1.45 bits per heavy atom. The molecule has 2 aromatic carbocycles. The van der Waals surface area contributed by atoms with Crippen molar-refractivity contribution in [1.82, 2.24) is 25.3 Å². The predicted molar refractivity (Wildman–Crippen MR) is 404 cm³/mol. The maximum Gasteiger partial charge on any atom is 0.219 e. The van der Waals surface area contributed by atoms with Crippen molar-refractivity contribution in [2.75, 3.05) is 52.6 Å². The van der Waals surface area contributed by atoms with E-state index in [0.29, 0.717) is 40.7 Å². The Balaban J connectivity index is 0. The fraction of sp³-hybridized carbons (Fsp3) is 0.597. The molecular weight excluding hydrogens is 1200 g/mol. The maximum absolute atomic E-state index is 11.8. The fourth-order valence-electron chi connectivity index (χ4n) is 11.6. The van der Waals surface area contributed by atoms with Gasteiger partial charge in [-0.05, 0) is 150 Å². The average Bonchev–Trinajstić information content (AvgIpc) is 1.51. The molecule has 2 amide bonds. The first-order valence-electron chi connectivity index (χ1n) is 34.5. The molecule has 3 atom stereocenters. The summed E-state index contributed by atoms with van der Waals surface area (Å²) in [6, 6.07) is 10.2. The second-order valence-electron chi connectivity index (χ2n) is 24.6. The molecule has 0 bridgehead atoms. The molecule has 1 aromatic heterocycles. The first-order valence-corrected chi connectivity index (χ1v) is 35.3. The largest absolute Gasteiger partial charge is 0.356 e. The molecule has 0 fully saturated rings. The number of halogens is 2. The maximum atomic E-state index is 11.8. The second-order valence-corrected chi connectivity index (χ2v) is 25.4. The molecular formula is C77H128Cl2N10O4. The Bertz CT molecular complexity index is 2680. The summed E-state index contributed by atoms with van der Waals surface area (Å²) >= 11 is 12.6. The lowest BCUT2D eigenvalue weighted by atomic mass is 9.76. The van der Waals surface area contributed by atoms with E-state index >= 15 is 0 Å². The highest BCUT2D eigenvalue weighted by atomic mass is 35.5. The van der Waals surface area contributed by atoms with Crippen molar-refractivity contribution in [3.63, 3.8) is 0 Å². The molecule has 3 unspecified atom stereocenters. The lowest BCUT2D eigenvalue weighted by Gasteiger charge is -2.31. The van der Waals surface area contributed by atoms with Gasteiger partial charge in [0.25, 0.3) is 0 Å². The van der Waals surface area contributed by atoms with Crippen molar-refractivity contribution < 1.29 is 19.2 Å². The van der Waals surface area contributed by atoms with Gasteiger partial charge in [-0.3, -0.25) is 19.3 Å². The SMILES string of the molecule is C/C=C\C(=N)c1cc(Cl)c(Cl)c(C)c1C1=C(C)CCN(C(C)=O)C1.C=C.C=O.C=O.CCCCCCCCCCCCCCCCCCC(=O)NCCC.CN.CN=CNc1c(CC(C)(CCCC(C)C2=CCC(C)C=C2)CCNC)nn(C)c1-c1ccc(CN)cc1. The molecule has 1 aliphatic carbocycles. The van der Waals surface area contributed by atoms with Crippen molar-refractivity contribution in [1.29, 1.82) is 5.41 Å². The van der Waals surface area contributed by atoms with Crippen molar-refractivity contribution in [2.24, 2.45) is 40.8 Å². The monoisotopic (exact) mass is 1330 g/mol. The summed E-state index contributed by atoms with van der Waals surface area (Å²) in [5, 5.41) is 24.1. The minimum absolute atomic E-state index is 0.0581. The van der Waals surface area contributed by atoms with Gasteiger partial charge in [-0.25, -0.2) is 0 Å². The molecule has 5 rings (SSSR count). The molecule has 14 nitrogen and oxygen atoms in total. The number of nitrogens with zero attached hydrogens (tertiary/aromatic N) is 4. The van der Waals surface area contributed by atoms with Gasteiger partial charge >= 0.3 is 0 Å². The van der Waals surface area contributed by atoms with E-state index < -0.39 is 0 Å². The van der Waals surface area contributed by atoms with Crippen molar-refractivity contribution in [3.8, 4) is 11.3 Å². The Morgan fingerprint density at radius 3 is 1.95 bits per heavy atom. The van der Waals surface area contributed by atoms with E-state index in [1.165, 1.54) is 140 Å². The van der Waals surface area contributed by atoms with Gasteiger partial charge in [-0.15, -0.1) is 13.2 Å². The van der Waals surface area contributed by atoms with E-state index in [2.05, 4.69) is 124 Å². The highest BCUT2D eigenvalue weighted by Crippen LogP contribution is 2.41. The number of hydrogen-bond acceptors (Lipinski definition) is 10. The number of aromatic nitrogens is 2. The quantitative estimate of drug-likeness (QED) is 0.0141. The number of unbranched alkanes of at least 4 members (excludes halogenated alkanes) is 15. The van der Waals surface area contributed by atoms with Crippen LogP contribution in [-0.4, -0.2) is 99.4 Å². The van der Waals surface area contributed by atoms with E-state index in [4.69, 9.17) is 49.0 Å². The number of aliphatic imine (C=N–C) groups is 1. The van der Waals surface area contributed by atoms with Crippen molar-refractivity contribution in [3.05, 3.63) is 123 Å². The van der Waals surface area contributed by atoms with Crippen LogP contribution in [0.15, 0.2) is 90.0 Å². The second kappa shape index (κ2) is 55.5. The standard InChI is InChI=1S/C31H48N6.C22H45NO.C19H22Cl2N2O.C2H4.CH5N.2CH2O/c1-23-9-13-26(14-10-23)24(2)8-7-17-31(3,18-19-33-4)20-28-29(35-22-34-5)30(37(6)36-28)27-15-11-25(21-32)12-16-27;1-3-5-6-7-8-9-10-11-12-13-14-15-16-17-18-19-20-22(24)23-21-4-2;1-5-6-17(22)14-9-16(20)19(21)12(3)18(14)15-10-23(13(4)24)8-7-11(15)2;4*1-2/h9,11-16,22-24,33H,7-8,10,17-21,32H2,1-6H3,(H,34,35);3-21H2,1-2H3,(H,23,24);5-6,9,22H,7-8,10H2,1-4H3;1-2H2;2H2,1H3;2*1H2/b;;6-5-,22-17?;;;;. The predicted octanol–water partition coefficient (Wildman–Crippen LogP) is 18.5. The van der Waals surface area contributed by atoms with Crippen molar-refractivity contribution >= 4 is 71.9 Å². The molecule has 16 heteroatoms. The number of amides is 2. The number of anilines is 1. The number of aryl methyl sites for hydroxylation is 1. The molecule has 1 aliphatic heterocycles. The summed E-state index contributed by atoms with van der Waals surface area (Å²) in [4.78, 5) is 45.3. The van der Waals surface area contributed by atoms with Gasteiger partial charge in [0, 0.05) is 64.7 Å². The summed E-state index contributed by atoms with van der Waals surface area (Å²) in [6.07, 6.45) is 43.9. The Morgan fingerprint density at radius 1 is 0.882 bits per heavy atom. The molecule has 0 radical (unpaired) electrons. The average molecular weight is 1330 g/mol. The first kappa shape index (κ1) is 89.3. The van der Waals surface area contributed by atoms with E-state index in [9.17, 15) is 9.59 Å².